The first-order valence-corrected chi connectivity index (χ1v) is 7.60. The zero-order valence-corrected chi connectivity index (χ0v) is 13.4. The van der Waals surface area contributed by atoms with Crippen LogP contribution >= 0.6 is 11.6 Å². The molecule has 0 aliphatic heterocycles. The molecule has 1 heterocycles. The predicted molar refractivity (Wildman–Crippen MR) is 84.0 cm³/mol. The van der Waals surface area contributed by atoms with Crippen LogP contribution in [-0.4, -0.2) is 55.0 Å². The van der Waals surface area contributed by atoms with Gasteiger partial charge in [-0.15, -0.1) is 0 Å². The molecule has 2 N–H and O–H groups in total. The van der Waals surface area contributed by atoms with Gasteiger partial charge in [0.05, 0.1) is 13.2 Å². The normalized spacial score (nSPS) is 10.6. The first kappa shape index (κ1) is 17.9. The van der Waals surface area contributed by atoms with Gasteiger partial charge in [-0.2, -0.15) is 15.0 Å². The summed E-state index contributed by atoms with van der Waals surface area (Å²) in [6.07, 6.45) is 2.93. The first-order chi connectivity index (χ1) is 10.3. The maximum absolute atomic E-state index is 5.87. The van der Waals surface area contributed by atoms with Crippen LogP contribution in [0.25, 0.3) is 0 Å². The number of rotatable bonds is 12. The topological polar surface area (TPSA) is 81.2 Å². The number of halogens is 1. The summed E-state index contributed by atoms with van der Waals surface area (Å²) in [5.41, 5.74) is 0. The predicted octanol–water partition coefficient (Wildman–Crippen LogP) is 2.20. The summed E-state index contributed by atoms with van der Waals surface area (Å²) in [7, 11) is 1.66. The Balaban J connectivity index is 2.20. The minimum Gasteiger partial charge on any atom is -0.382 e. The third-order valence-electron chi connectivity index (χ3n) is 2.57. The Morgan fingerprint density at radius 2 is 1.67 bits per heavy atom. The molecule has 0 aromatic carbocycles. The molecule has 0 bridgehead atoms. The van der Waals surface area contributed by atoms with Crippen LogP contribution in [0.3, 0.4) is 0 Å². The molecule has 0 unspecified atom stereocenters. The Morgan fingerprint density at radius 3 is 2.33 bits per heavy atom. The molecule has 1 aromatic heterocycles. The SMILES string of the molecule is CCCNc1nc(Cl)nc(NCCCCOCCOC)n1. The number of nitrogens with zero attached hydrogens (tertiary/aromatic N) is 3. The first-order valence-electron chi connectivity index (χ1n) is 7.22. The second kappa shape index (κ2) is 11.5. The summed E-state index contributed by atoms with van der Waals surface area (Å²) < 4.78 is 10.3. The highest BCUT2D eigenvalue weighted by Crippen LogP contribution is 2.09. The Morgan fingerprint density at radius 1 is 0.952 bits per heavy atom. The van der Waals surface area contributed by atoms with Crippen molar-refractivity contribution >= 4 is 23.5 Å². The molecule has 0 amide bonds. The van der Waals surface area contributed by atoms with Crippen LogP contribution in [0.1, 0.15) is 26.2 Å². The molecule has 120 valence electrons. The van der Waals surface area contributed by atoms with Crippen molar-refractivity contribution in [2.45, 2.75) is 26.2 Å². The minimum absolute atomic E-state index is 0.189. The molecule has 0 saturated heterocycles. The van der Waals surface area contributed by atoms with Crippen molar-refractivity contribution in [3.8, 4) is 0 Å². The van der Waals surface area contributed by atoms with E-state index < -0.39 is 0 Å². The number of aromatic nitrogens is 3. The highest BCUT2D eigenvalue weighted by atomic mass is 35.5. The van der Waals surface area contributed by atoms with E-state index in [9.17, 15) is 0 Å². The average Bonchev–Trinajstić information content (AvgIpc) is 2.47. The molecule has 0 aliphatic carbocycles. The second-order valence-corrected chi connectivity index (χ2v) is 4.76. The maximum Gasteiger partial charge on any atom is 0.228 e. The maximum atomic E-state index is 5.87. The van der Waals surface area contributed by atoms with Crippen molar-refractivity contribution < 1.29 is 9.47 Å². The monoisotopic (exact) mass is 317 g/mol. The van der Waals surface area contributed by atoms with Crippen molar-refractivity contribution in [1.29, 1.82) is 0 Å². The fourth-order valence-electron chi connectivity index (χ4n) is 1.52. The number of hydrogen-bond donors (Lipinski definition) is 2. The van der Waals surface area contributed by atoms with Crippen LogP contribution in [0.4, 0.5) is 11.9 Å². The van der Waals surface area contributed by atoms with Crippen LogP contribution < -0.4 is 10.6 Å². The summed E-state index contributed by atoms with van der Waals surface area (Å²) in [5.74, 6) is 0.996. The van der Waals surface area contributed by atoms with Crippen molar-refractivity contribution in [3.05, 3.63) is 5.28 Å². The van der Waals surface area contributed by atoms with Gasteiger partial charge in [0, 0.05) is 26.8 Å². The van der Waals surface area contributed by atoms with Crippen LogP contribution in [0.2, 0.25) is 5.28 Å². The van der Waals surface area contributed by atoms with E-state index in [0.717, 1.165) is 39.0 Å². The third-order valence-corrected chi connectivity index (χ3v) is 2.74. The molecule has 0 aliphatic rings. The second-order valence-electron chi connectivity index (χ2n) is 4.42. The quantitative estimate of drug-likeness (QED) is 0.572. The summed E-state index contributed by atoms with van der Waals surface area (Å²) in [6.45, 7) is 5.64. The molecule has 1 aromatic rings. The lowest BCUT2D eigenvalue weighted by molar-refractivity contribution is 0.0691. The van der Waals surface area contributed by atoms with E-state index in [0.29, 0.717) is 25.1 Å². The standard InChI is InChI=1S/C13H24ClN5O2/c1-3-6-15-12-17-11(14)18-13(19-12)16-7-4-5-8-21-10-9-20-2/h3-10H2,1-2H3,(H2,15,16,17,18,19). The van der Waals surface area contributed by atoms with E-state index in [1.807, 2.05) is 0 Å². The zero-order valence-electron chi connectivity index (χ0n) is 12.7. The number of ether oxygens (including phenoxy) is 2. The largest absolute Gasteiger partial charge is 0.382 e. The number of nitrogens with one attached hydrogen (secondary N) is 2. The van der Waals surface area contributed by atoms with Crippen molar-refractivity contribution in [2.75, 3.05) is 50.7 Å². The Hall–Kier alpha value is -1.18. The minimum atomic E-state index is 0.189. The summed E-state index contributed by atoms with van der Waals surface area (Å²) in [6, 6.07) is 0. The molecule has 0 radical (unpaired) electrons. The van der Waals surface area contributed by atoms with Gasteiger partial charge in [-0.25, -0.2) is 0 Å². The molecule has 0 atom stereocenters. The molecule has 0 spiro atoms. The molecule has 1 rings (SSSR count). The van der Waals surface area contributed by atoms with Crippen molar-refractivity contribution in [2.24, 2.45) is 0 Å². The van der Waals surface area contributed by atoms with E-state index in [4.69, 9.17) is 21.1 Å². The average molecular weight is 318 g/mol. The smallest absolute Gasteiger partial charge is 0.228 e. The van der Waals surface area contributed by atoms with Gasteiger partial charge in [0.1, 0.15) is 0 Å². The van der Waals surface area contributed by atoms with Gasteiger partial charge >= 0.3 is 0 Å². The third kappa shape index (κ3) is 8.64. The van der Waals surface area contributed by atoms with Gasteiger partial charge in [-0.3, -0.25) is 0 Å². The van der Waals surface area contributed by atoms with Crippen molar-refractivity contribution in [1.82, 2.24) is 15.0 Å². The molecule has 0 saturated carbocycles. The van der Waals surface area contributed by atoms with Gasteiger partial charge < -0.3 is 20.1 Å². The molecular formula is C13H24ClN5O2. The van der Waals surface area contributed by atoms with E-state index in [1.165, 1.54) is 0 Å². The Kier molecular flexibility index (Phi) is 9.77. The van der Waals surface area contributed by atoms with Gasteiger partial charge in [0.2, 0.25) is 17.2 Å². The zero-order chi connectivity index (χ0) is 15.3. The molecule has 21 heavy (non-hydrogen) atoms. The van der Waals surface area contributed by atoms with E-state index in [-0.39, 0.29) is 5.28 Å². The molecule has 7 nitrogen and oxygen atoms in total. The van der Waals surface area contributed by atoms with Crippen LogP contribution in [0, 0.1) is 0 Å². The van der Waals surface area contributed by atoms with E-state index >= 15 is 0 Å². The lowest BCUT2D eigenvalue weighted by Gasteiger charge is -2.08. The summed E-state index contributed by atoms with van der Waals surface area (Å²) in [5, 5.41) is 6.41. The van der Waals surface area contributed by atoms with Gasteiger partial charge in [0.25, 0.3) is 0 Å². The molecular weight excluding hydrogens is 294 g/mol. The van der Waals surface area contributed by atoms with Crippen LogP contribution in [-0.2, 0) is 9.47 Å². The van der Waals surface area contributed by atoms with E-state index in [2.05, 4.69) is 32.5 Å². The van der Waals surface area contributed by atoms with Crippen LogP contribution in [0.15, 0.2) is 0 Å². The molecule has 0 fully saturated rings. The number of methoxy groups -OCH3 is 1. The van der Waals surface area contributed by atoms with Crippen LogP contribution in [0.5, 0.6) is 0 Å². The lowest BCUT2D eigenvalue weighted by Crippen LogP contribution is -2.11. The number of hydrogen-bond acceptors (Lipinski definition) is 7. The summed E-state index contributed by atoms with van der Waals surface area (Å²) in [4.78, 5) is 12.3. The summed E-state index contributed by atoms with van der Waals surface area (Å²) >= 11 is 5.87. The van der Waals surface area contributed by atoms with Gasteiger partial charge in [-0.05, 0) is 30.9 Å². The fourth-order valence-corrected chi connectivity index (χ4v) is 1.68. The number of anilines is 2. The highest BCUT2D eigenvalue weighted by Gasteiger charge is 2.03. The fraction of sp³-hybridized carbons (Fsp3) is 0.769. The van der Waals surface area contributed by atoms with Crippen molar-refractivity contribution in [3.63, 3.8) is 0 Å². The van der Waals surface area contributed by atoms with Gasteiger partial charge in [-0.1, -0.05) is 6.92 Å². The Labute approximate surface area is 130 Å². The Bertz CT molecular complexity index is 395. The number of unbranched alkanes of at least 4 members (excludes halogenated alkanes) is 1. The van der Waals surface area contributed by atoms with Gasteiger partial charge in [0.15, 0.2) is 0 Å². The lowest BCUT2D eigenvalue weighted by atomic mass is 10.3. The molecule has 8 heteroatoms. The van der Waals surface area contributed by atoms with E-state index in [1.54, 1.807) is 7.11 Å². The highest BCUT2D eigenvalue weighted by molar-refractivity contribution is 6.28.